The van der Waals surface area contributed by atoms with Crippen molar-refractivity contribution in [2.75, 3.05) is 6.61 Å². The largest absolute Gasteiger partial charge is 0.440 e. The van der Waals surface area contributed by atoms with E-state index in [1.54, 1.807) is 19.2 Å². The first-order valence-electron chi connectivity index (χ1n) is 4.43. The molecule has 0 fully saturated rings. The molecular weight excluding hydrogens is 229 g/mol. The van der Waals surface area contributed by atoms with Crippen LogP contribution in [0.5, 0.6) is 0 Å². The number of alkyl halides is 3. The molecule has 1 atom stereocenters. The lowest BCUT2D eigenvalue weighted by molar-refractivity contribution is -0.160. The Labute approximate surface area is 90.1 Å². The molecule has 0 radical (unpaired) electrons. The van der Waals surface area contributed by atoms with Crippen LogP contribution in [-0.4, -0.2) is 30.8 Å². The molecule has 5 nitrogen and oxygen atoms in total. The van der Waals surface area contributed by atoms with Crippen molar-refractivity contribution in [2.45, 2.75) is 26.1 Å². The molecule has 0 aromatic carbocycles. The van der Waals surface area contributed by atoms with Crippen LogP contribution in [-0.2, 0) is 9.53 Å². The number of halogens is 3. The Morgan fingerprint density at radius 1 is 1.38 bits per heavy atom. The zero-order valence-electron chi connectivity index (χ0n) is 8.80. The molecule has 0 unspecified atom stereocenters. The highest BCUT2D eigenvalue weighted by molar-refractivity contribution is 5.94. The fraction of sp³-hybridized carbons (Fsp3) is 0.750. The molecule has 0 saturated carbocycles. The van der Waals surface area contributed by atoms with Crippen molar-refractivity contribution in [3.63, 3.8) is 0 Å². The smallest absolute Gasteiger partial charge is 0.422 e. The van der Waals surface area contributed by atoms with Crippen molar-refractivity contribution in [2.24, 2.45) is 11.7 Å². The number of nitrogens with one attached hydrogen (secondary N) is 1. The summed E-state index contributed by atoms with van der Waals surface area (Å²) in [6.07, 6.45) is -6.08. The lowest BCUT2D eigenvalue weighted by Gasteiger charge is -2.14. The number of rotatable bonds is 3. The number of carbonyl (C=O) groups is 2. The number of imide groups is 1. The highest BCUT2D eigenvalue weighted by Gasteiger charge is 2.30. The third-order valence-electron chi connectivity index (χ3n) is 1.61. The van der Waals surface area contributed by atoms with Crippen LogP contribution >= 0.6 is 0 Å². The van der Waals surface area contributed by atoms with Crippen LogP contribution in [0, 0.1) is 5.92 Å². The van der Waals surface area contributed by atoms with E-state index in [2.05, 4.69) is 4.74 Å². The number of nitrogens with two attached hydrogens (primary N) is 1. The summed E-state index contributed by atoms with van der Waals surface area (Å²) < 4.78 is 38.6. The van der Waals surface area contributed by atoms with E-state index >= 15 is 0 Å². The Morgan fingerprint density at radius 3 is 2.25 bits per heavy atom. The van der Waals surface area contributed by atoms with Crippen molar-refractivity contribution in [3.8, 4) is 0 Å². The number of hydrogen-bond donors (Lipinski definition) is 2. The van der Waals surface area contributed by atoms with E-state index in [4.69, 9.17) is 5.73 Å². The topological polar surface area (TPSA) is 81.4 Å². The molecule has 0 aromatic rings. The maximum Gasteiger partial charge on any atom is 0.422 e. The summed E-state index contributed by atoms with van der Waals surface area (Å²) in [5.41, 5.74) is 5.35. The fourth-order valence-electron chi connectivity index (χ4n) is 0.670. The van der Waals surface area contributed by atoms with Crippen molar-refractivity contribution < 1.29 is 27.5 Å². The SMILES string of the molecule is CC(C)[C@H](N)C(=O)NC(=O)OCC(F)(F)F. The van der Waals surface area contributed by atoms with Crippen LogP contribution in [0.3, 0.4) is 0 Å². The van der Waals surface area contributed by atoms with Gasteiger partial charge in [-0.1, -0.05) is 13.8 Å². The van der Waals surface area contributed by atoms with E-state index in [0.29, 0.717) is 0 Å². The minimum atomic E-state index is -4.62. The van der Waals surface area contributed by atoms with Gasteiger partial charge in [0.1, 0.15) is 0 Å². The minimum absolute atomic E-state index is 0.240. The van der Waals surface area contributed by atoms with Crippen molar-refractivity contribution in [1.82, 2.24) is 5.32 Å². The Kier molecular flexibility index (Phi) is 5.22. The second-order valence-corrected chi connectivity index (χ2v) is 3.45. The molecule has 0 saturated heterocycles. The first-order valence-corrected chi connectivity index (χ1v) is 4.43. The number of ether oxygens (including phenoxy) is 1. The number of hydrogen-bond acceptors (Lipinski definition) is 4. The van der Waals surface area contributed by atoms with Crippen LogP contribution < -0.4 is 11.1 Å². The molecule has 8 heteroatoms. The second-order valence-electron chi connectivity index (χ2n) is 3.45. The molecule has 0 rings (SSSR count). The van der Waals surface area contributed by atoms with Gasteiger partial charge in [-0.2, -0.15) is 13.2 Å². The normalized spacial score (nSPS) is 13.4. The van der Waals surface area contributed by atoms with Crippen molar-refractivity contribution in [3.05, 3.63) is 0 Å². The van der Waals surface area contributed by atoms with E-state index in [-0.39, 0.29) is 5.92 Å². The maximum atomic E-state index is 11.6. The second kappa shape index (κ2) is 5.69. The first kappa shape index (κ1) is 14.7. The molecule has 3 N–H and O–H groups in total. The Morgan fingerprint density at radius 2 is 1.88 bits per heavy atom. The molecule has 16 heavy (non-hydrogen) atoms. The molecule has 0 spiro atoms. The predicted octanol–water partition coefficient (Wildman–Crippen LogP) is 0.785. The lowest BCUT2D eigenvalue weighted by Crippen LogP contribution is -2.46. The summed E-state index contributed by atoms with van der Waals surface area (Å²) in [6.45, 7) is 1.51. The Bertz CT molecular complexity index is 266. The summed E-state index contributed by atoms with van der Waals surface area (Å²) >= 11 is 0. The summed E-state index contributed by atoms with van der Waals surface area (Å²) in [5, 5.41) is 1.61. The molecule has 0 heterocycles. The highest BCUT2D eigenvalue weighted by atomic mass is 19.4. The predicted molar refractivity (Wildman–Crippen MR) is 48.4 cm³/mol. The van der Waals surface area contributed by atoms with Gasteiger partial charge >= 0.3 is 12.3 Å². The summed E-state index contributed by atoms with van der Waals surface area (Å²) in [5.74, 6) is -1.11. The average Bonchev–Trinajstić information content (AvgIpc) is 2.12. The summed E-state index contributed by atoms with van der Waals surface area (Å²) in [6, 6.07) is -0.974. The molecule has 0 bridgehead atoms. The number of amides is 2. The minimum Gasteiger partial charge on any atom is -0.440 e. The van der Waals surface area contributed by atoms with E-state index in [1.165, 1.54) is 0 Å². The van der Waals surface area contributed by atoms with Gasteiger partial charge in [-0.25, -0.2) is 4.79 Å². The Hall–Kier alpha value is -1.31. The van der Waals surface area contributed by atoms with Crippen LogP contribution in [0.25, 0.3) is 0 Å². The quantitative estimate of drug-likeness (QED) is 0.766. The van der Waals surface area contributed by atoms with Gasteiger partial charge in [0.2, 0.25) is 5.91 Å². The van der Waals surface area contributed by atoms with Crippen LogP contribution in [0.4, 0.5) is 18.0 Å². The van der Waals surface area contributed by atoms with Crippen LogP contribution in [0.2, 0.25) is 0 Å². The Balaban J connectivity index is 4.02. The third-order valence-corrected chi connectivity index (χ3v) is 1.61. The third kappa shape index (κ3) is 6.23. The van der Waals surface area contributed by atoms with Gasteiger partial charge in [0.05, 0.1) is 6.04 Å². The molecule has 0 aliphatic carbocycles. The van der Waals surface area contributed by atoms with E-state index < -0.39 is 30.8 Å². The maximum absolute atomic E-state index is 11.6. The standard InChI is InChI=1S/C8H13F3N2O3/c1-4(2)5(12)6(14)13-7(15)16-3-8(9,10)11/h4-5H,3,12H2,1-2H3,(H,13,14,15)/t5-/m0/s1. The van der Waals surface area contributed by atoms with Crippen molar-refractivity contribution >= 4 is 12.0 Å². The van der Waals surface area contributed by atoms with Crippen LogP contribution in [0.1, 0.15) is 13.8 Å². The molecule has 0 aromatic heterocycles. The van der Waals surface area contributed by atoms with Gasteiger partial charge in [0.25, 0.3) is 0 Å². The summed E-state index contributed by atoms with van der Waals surface area (Å²) in [7, 11) is 0. The molecule has 2 amide bonds. The van der Waals surface area contributed by atoms with Gasteiger partial charge in [0.15, 0.2) is 6.61 Å². The molecular formula is C8H13F3N2O3. The zero-order valence-corrected chi connectivity index (χ0v) is 8.80. The highest BCUT2D eigenvalue weighted by Crippen LogP contribution is 2.14. The number of carbonyl (C=O) groups excluding carboxylic acids is 2. The zero-order chi connectivity index (χ0) is 12.9. The lowest BCUT2D eigenvalue weighted by atomic mass is 10.1. The van der Waals surface area contributed by atoms with E-state index in [9.17, 15) is 22.8 Å². The first-order chi connectivity index (χ1) is 7.13. The van der Waals surface area contributed by atoms with Gasteiger partial charge in [-0.15, -0.1) is 0 Å². The van der Waals surface area contributed by atoms with E-state index in [1.807, 2.05) is 0 Å². The molecule has 94 valence electrons. The monoisotopic (exact) mass is 242 g/mol. The summed E-state index contributed by atoms with van der Waals surface area (Å²) in [4.78, 5) is 21.8. The van der Waals surface area contributed by atoms with Gasteiger partial charge in [-0.05, 0) is 5.92 Å². The van der Waals surface area contributed by atoms with Crippen molar-refractivity contribution in [1.29, 1.82) is 0 Å². The van der Waals surface area contributed by atoms with Gasteiger partial charge in [0, 0.05) is 0 Å². The molecule has 0 aliphatic rings. The molecule has 0 aliphatic heterocycles. The van der Waals surface area contributed by atoms with E-state index in [0.717, 1.165) is 0 Å². The van der Waals surface area contributed by atoms with Gasteiger partial charge in [-0.3, -0.25) is 10.1 Å². The van der Waals surface area contributed by atoms with Crippen LogP contribution in [0.15, 0.2) is 0 Å². The van der Waals surface area contributed by atoms with Gasteiger partial charge < -0.3 is 10.5 Å². The average molecular weight is 242 g/mol. The number of alkyl carbamates (subject to hydrolysis) is 1. The fourth-order valence-corrected chi connectivity index (χ4v) is 0.670.